The van der Waals surface area contributed by atoms with Crippen LogP contribution < -0.4 is 0 Å². The summed E-state index contributed by atoms with van der Waals surface area (Å²) in [7, 11) is 1.42. The second kappa shape index (κ2) is 7.90. The predicted molar refractivity (Wildman–Crippen MR) is 73.3 cm³/mol. The zero-order valence-electron chi connectivity index (χ0n) is 12.4. The molecule has 0 bridgehead atoms. The summed E-state index contributed by atoms with van der Waals surface area (Å²) >= 11 is 0. The van der Waals surface area contributed by atoms with E-state index in [4.69, 9.17) is 0 Å². The first-order valence-electron chi connectivity index (χ1n) is 6.44. The largest absolute Gasteiger partial charge is 0.469 e. The third-order valence-corrected chi connectivity index (χ3v) is 3.25. The van der Waals surface area contributed by atoms with Crippen molar-refractivity contribution in [1.82, 2.24) is 9.55 Å². The summed E-state index contributed by atoms with van der Waals surface area (Å²) in [5.41, 5.74) is -0.311. The van der Waals surface area contributed by atoms with Gasteiger partial charge in [-0.05, 0) is 33.6 Å². The number of hydrogen-bond acceptors (Lipinski definition) is 3. The number of nitrogens with zero attached hydrogens (tertiary/aromatic N) is 2. The van der Waals surface area contributed by atoms with Crippen molar-refractivity contribution in [2.24, 2.45) is 5.41 Å². The van der Waals surface area contributed by atoms with Crippen LogP contribution in [0.3, 0.4) is 0 Å². The van der Waals surface area contributed by atoms with E-state index in [1.54, 1.807) is 0 Å². The maximum Gasteiger partial charge on any atom is 0.311 e. The second-order valence-corrected chi connectivity index (χ2v) is 5.00. The molecule has 18 heavy (non-hydrogen) atoms. The summed E-state index contributed by atoms with van der Waals surface area (Å²) in [6.45, 7) is 10.1. The number of esters is 1. The minimum Gasteiger partial charge on any atom is -0.469 e. The van der Waals surface area contributed by atoms with Crippen molar-refractivity contribution < 1.29 is 9.53 Å². The van der Waals surface area contributed by atoms with E-state index in [0.717, 1.165) is 12.8 Å². The molecule has 0 aromatic carbocycles. The Morgan fingerprint density at radius 3 is 2.33 bits per heavy atom. The number of carbonyl (C=O) groups is 1. The van der Waals surface area contributed by atoms with E-state index in [9.17, 15) is 4.79 Å². The van der Waals surface area contributed by atoms with Gasteiger partial charge >= 0.3 is 5.97 Å². The Morgan fingerprint density at radius 2 is 2.06 bits per heavy atom. The number of hydrogen-bond donors (Lipinski definition) is 0. The molecule has 1 heterocycles. The Hall–Kier alpha value is -1.32. The van der Waals surface area contributed by atoms with Gasteiger partial charge in [0.15, 0.2) is 0 Å². The van der Waals surface area contributed by atoms with E-state index < -0.39 is 0 Å². The Bertz CT molecular complexity index is 332. The van der Waals surface area contributed by atoms with Gasteiger partial charge in [0.2, 0.25) is 0 Å². The van der Waals surface area contributed by atoms with Crippen LogP contribution in [0.2, 0.25) is 0 Å². The summed E-state index contributed by atoms with van der Waals surface area (Å²) < 4.78 is 6.68. The maximum atomic E-state index is 10.8. The fourth-order valence-corrected chi connectivity index (χ4v) is 1.16. The average Bonchev–Trinajstić information content (AvgIpc) is 2.91. The molecule has 1 rings (SSSR count). The molecule has 0 aliphatic carbocycles. The van der Waals surface area contributed by atoms with Gasteiger partial charge in [-0.3, -0.25) is 4.79 Å². The molecule has 0 aliphatic heterocycles. The molecular formula is C14H26N2O2. The first-order chi connectivity index (χ1) is 8.38. The van der Waals surface area contributed by atoms with Crippen LogP contribution in [0.1, 0.15) is 53.5 Å². The monoisotopic (exact) mass is 254 g/mol. The molecule has 1 atom stereocenters. The molecule has 0 saturated heterocycles. The van der Waals surface area contributed by atoms with Crippen LogP contribution in [-0.2, 0) is 9.53 Å². The standard InChI is InChI=1S/C7H12N2.C7H14O2/c1-3-7(2)9-5-4-8-6-9;1-5-7(2,3)6(8)9-4/h4-7H,3H2,1-2H3;5H2,1-4H3. The van der Waals surface area contributed by atoms with Crippen LogP contribution in [0.15, 0.2) is 18.7 Å². The van der Waals surface area contributed by atoms with Crippen molar-refractivity contribution in [2.45, 2.75) is 53.5 Å². The number of imidazole rings is 1. The molecule has 4 heteroatoms. The van der Waals surface area contributed by atoms with E-state index >= 15 is 0 Å². The first kappa shape index (κ1) is 16.7. The Morgan fingerprint density at radius 1 is 1.44 bits per heavy atom. The van der Waals surface area contributed by atoms with E-state index in [1.165, 1.54) is 7.11 Å². The van der Waals surface area contributed by atoms with Crippen molar-refractivity contribution in [3.63, 3.8) is 0 Å². The molecule has 0 fully saturated rings. The molecule has 104 valence electrons. The van der Waals surface area contributed by atoms with Crippen molar-refractivity contribution in [3.05, 3.63) is 18.7 Å². The van der Waals surface area contributed by atoms with Crippen LogP contribution in [0.25, 0.3) is 0 Å². The van der Waals surface area contributed by atoms with Crippen LogP contribution in [0.5, 0.6) is 0 Å². The lowest BCUT2D eigenvalue weighted by molar-refractivity contribution is -0.150. The van der Waals surface area contributed by atoms with Crippen LogP contribution in [-0.4, -0.2) is 22.6 Å². The van der Waals surface area contributed by atoms with Gasteiger partial charge in [0.05, 0.1) is 18.9 Å². The molecule has 0 amide bonds. The predicted octanol–water partition coefficient (Wildman–Crippen LogP) is 3.45. The Labute approximate surface area is 110 Å². The number of aromatic nitrogens is 2. The SMILES string of the molecule is CCC(C)(C)C(=O)OC.CCC(C)n1ccnc1. The van der Waals surface area contributed by atoms with E-state index in [2.05, 4.69) is 28.1 Å². The highest BCUT2D eigenvalue weighted by Gasteiger charge is 2.25. The van der Waals surface area contributed by atoms with Gasteiger partial charge in [-0.2, -0.15) is 0 Å². The van der Waals surface area contributed by atoms with Crippen LogP contribution in [0.4, 0.5) is 0 Å². The summed E-state index contributed by atoms with van der Waals surface area (Å²) in [6, 6.07) is 0.590. The topological polar surface area (TPSA) is 44.1 Å². The van der Waals surface area contributed by atoms with Crippen molar-refractivity contribution >= 4 is 5.97 Å². The van der Waals surface area contributed by atoms with Gasteiger partial charge in [0.1, 0.15) is 0 Å². The molecular weight excluding hydrogens is 228 g/mol. The van der Waals surface area contributed by atoms with Gasteiger partial charge in [0.25, 0.3) is 0 Å². The highest BCUT2D eigenvalue weighted by atomic mass is 16.5. The lowest BCUT2D eigenvalue weighted by atomic mass is 9.91. The molecule has 0 saturated carbocycles. The quantitative estimate of drug-likeness (QED) is 0.773. The minimum atomic E-state index is -0.311. The van der Waals surface area contributed by atoms with Crippen LogP contribution >= 0.6 is 0 Å². The fourth-order valence-electron chi connectivity index (χ4n) is 1.16. The van der Waals surface area contributed by atoms with E-state index in [1.807, 2.05) is 39.5 Å². The molecule has 1 unspecified atom stereocenters. The summed E-state index contributed by atoms with van der Waals surface area (Å²) in [5, 5.41) is 0. The molecule has 0 spiro atoms. The molecule has 1 aromatic rings. The third kappa shape index (κ3) is 5.34. The molecule has 0 aliphatic rings. The lowest BCUT2D eigenvalue weighted by Gasteiger charge is -2.17. The maximum absolute atomic E-state index is 10.8. The third-order valence-electron chi connectivity index (χ3n) is 3.25. The Balaban J connectivity index is 0.000000321. The second-order valence-electron chi connectivity index (χ2n) is 5.00. The van der Waals surface area contributed by atoms with Gasteiger partial charge in [0, 0.05) is 18.4 Å². The van der Waals surface area contributed by atoms with Crippen molar-refractivity contribution in [3.8, 4) is 0 Å². The van der Waals surface area contributed by atoms with Crippen molar-refractivity contribution in [2.75, 3.05) is 7.11 Å². The fraction of sp³-hybridized carbons (Fsp3) is 0.714. The zero-order valence-corrected chi connectivity index (χ0v) is 12.4. The van der Waals surface area contributed by atoms with Gasteiger partial charge < -0.3 is 9.30 Å². The summed E-state index contributed by atoms with van der Waals surface area (Å²) in [5.74, 6) is -0.134. The Kier molecular flexibility index (Phi) is 7.32. The van der Waals surface area contributed by atoms with E-state index in [-0.39, 0.29) is 11.4 Å². The van der Waals surface area contributed by atoms with Gasteiger partial charge in [-0.25, -0.2) is 4.98 Å². The summed E-state index contributed by atoms with van der Waals surface area (Å²) in [4.78, 5) is 14.8. The highest BCUT2D eigenvalue weighted by Crippen LogP contribution is 2.20. The number of methoxy groups -OCH3 is 1. The number of carbonyl (C=O) groups excluding carboxylic acids is 1. The van der Waals surface area contributed by atoms with Crippen LogP contribution in [0, 0.1) is 5.41 Å². The van der Waals surface area contributed by atoms with E-state index in [0.29, 0.717) is 6.04 Å². The summed E-state index contributed by atoms with van der Waals surface area (Å²) in [6.07, 6.45) is 7.64. The zero-order chi connectivity index (χ0) is 14.2. The van der Waals surface area contributed by atoms with Gasteiger partial charge in [-0.15, -0.1) is 0 Å². The highest BCUT2D eigenvalue weighted by molar-refractivity contribution is 5.75. The normalized spacial score (nSPS) is 12.3. The minimum absolute atomic E-state index is 0.134. The molecule has 4 nitrogen and oxygen atoms in total. The number of ether oxygens (including phenoxy) is 1. The van der Waals surface area contributed by atoms with Crippen molar-refractivity contribution in [1.29, 1.82) is 0 Å². The smallest absolute Gasteiger partial charge is 0.311 e. The number of rotatable bonds is 4. The molecule has 1 aromatic heterocycles. The lowest BCUT2D eigenvalue weighted by Crippen LogP contribution is -2.24. The molecule has 0 N–H and O–H groups in total. The average molecular weight is 254 g/mol. The van der Waals surface area contributed by atoms with Gasteiger partial charge in [-0.1, -0.05) is 13.8 Å². The first-order valence-corrected chi connectivity index (χ1v) is 6.44. The molecule has 0 radical (unpaired) electrons.